The van der Waals surface area contributed by atoms with E-state index >= 15 is 0 Å². The Balaban J connectivity index is 1.41. The third kappa shape index (κ3) is 5.10. The molecule has 9 heteroatoms. The fourth-order valence-electron chi connectivity index (χ4n) is 4.27. The average molecular weight is 469 g/mol. The number of amides is 2. The first-order chi connectivity index (χ1) is 16.2. The van der Waals surface area contributed by atoms with Gasteiger partial charge in [0.1, 0.15) is 0 Å². The smallest absolute Gasteiger partial charge is 0.255 e. The van der Waals surface area contributed by atoms with Crippen molar-refractivity contribution in [2.45, 2.75) is 11.3 Å². The molecule has 0 atom stereocenters. The molecule has 33 heavy (non-hydrogen) atoms. The summed E-state index contributed by atoms with van der Waals surface area (Å²) in [6.07, 6.45) is 0.472. The molecule has 2 N–H and O–H groups in total. The van der Waals surface area contributed by atoms with Gasteiger partial charge >= 0.3 is 0 Å². The average Bonchev–Trinajstić information content (AvgIpc) is 3.05. The van der Waals surface area contributed by atoms with Gasteiger partial charge in [0.2, 0.25) is 5.91 Å². The molecule has 0 radical (unpaired) electrons. The largest absolute Gasteiger partial charge is 0.378 e. The van der Waals surface area contributed by atoms with Gasteiger partial charge < -0.3 is 29.9 Å². The number of ether oxygens (including phenoxy) is 2. The molecule has 3 aliphatic heterocycles. The Kier molecular flexibility index (Phi) is 6.70. The van der Waals surface area contributed by atoms with Crippen LogP contribution in [0.1, 0.15) is 16.8 Å². The zero-order valence-electron chi connectivity index (χ0n) is 18.5. The number of hydrogen-bond acceptors (Lipinski definition) is 7. The Bertz CT molecular complexity index is 1040. The Hall–Kier alpha value is -2.75. The molecule has 2 amide bonds. The van der Waals surface area contributed by atoms with Crippen LogP contribution < -0.4 is 20.4 Å². The van der Waals surface area contributed by atoms with Crippen LogP contribution in [0.2, 0.25) is 0 Å². The summed E-state index contributed by atoms with van der Waals surface area (Å²) >= 11 is 1.63. The van der Waals surface area contributed by atoms with Crippen molar-refractivity contribution in [3.8, 4) is 0 Å². The van der Waals surface area contributed by atoms with Crippen molar-refractivity contribution in [1.82, 2.24) is 0 Å². The third-order valence-corrected chi connectivity index (χ3v) is 7.14. The van der Waals surface area contributed by atoms with E-state index in [0.717, 1.165) is 67.1 Å². The molecule has 5 rings (SSSR count). The van der Waals surface area contributed by atoms with Crippen molar-refractivity contribution < 1.29 is 19.1 Å². The molecule has 3 aliphatic rings. The fraction of sp³-hybridized carbons (Fsp3) is 0.417. The van der Waals surface area contributed by atoms with Crippen molar-refractivity contribution in [1.29, 1.82) is 0 Å². The Morgan fingerprint density at radius 3 is 2.42 bits per heavy atom. The second-order valence-corrected chi connectivity index (χ2v) is 9.35. The van der Waals surface area contributed by atoms with Crippen molar-refractivity contribution in [2.24, 2.45) is 0 Å². The van der Waals surface area contributed by atoms with E-state index in [1.165, 1.54) is 0 Å². The highest BCUT2D eigenvalue weighted by atomic mass is 32.2. The maximum atomic E-state index is 13.2. The number of carbonyl (C=O) groups is 2. The van der Waals surface area contributed by atoms with Crippen LogP contribution in [0.25, 0.3) is 0 Å². The lowest BCUT2D eigenvalue weighted by atomic mass is 10.1. The lowest BCUT2D eigenvalue weighted by Gasteiger charge is -2.33. The van der Waals surface area contributed by atoms with Gasteiger partial charge in [0.05, 0.1) is 43.5 Å². The summed E-state index contributed by atoms with van der Waals surface area (Å²) in [4.78, 5) is 30.7. The highest BCUT2D eigenvalue weighted by Crippen LogP contribution is 2.34. The van der Waals surface area contributed by atoms with Crippen LogP contribution in [0.4, 0.5) is 22.7 Å². The van der Waals surface area contributed by atoms with Crippen LogP contribution in [0.3, 0.4) is 0 Å². The standard InChI is InChI=1S/C24H28N4O4S/c29-23-5-14-33-22-4-1-17(15-20(22)25-23)24(30)26-19-3-2-18(27-6-10-31-11-7-27)16-21(19)28-8-12-32-13-9-28/h1-4,15-16H,5-14H2,(H,25,29)(H,26,30). The van der Waals surface area contributed by atoms with E-state index in [9.17, 15) is 9.59 Å². The van der Waals surface area contributed by atoms with Gasteiger partial charge in [0.15, 0.2) is 0 Å². The summed E-state index contributed by atoms with van der Waals surface area (Å²) in [5, 5.41) is 6.01. The van der Waals surface area contributed by atoms with E-state index in [-0.39, 0.29) is 11.8 Å². The van der Waals surface area contributed by atoms with E-state index in [0.29, 0.717) is 30.9 Å². The quantitative estimate of drug-likeness (QED) is 0.714. The minimum atomic E-state index is -0.199. The van der Waals surface area contributed by atoms with Crippen molar-refractivity contribution in [3.05, 3.63) is 42.0 Å². The molecule has 0 unspecified atom stereocenters. The zero-order valence-corrected chi connectivity index (χ0v) is 19.3. The topological polar surface area (TPSA) is 83.1 Å². The van der Waals surface area contributed by atoms with Crippen LogP contribution >= 0.6 is 11.8 Å². The summed E-state index contributed by atoms with van der Waals surface area (Å²) in [6, 6.07) is 11.7. The predicted octanol–water partition coefficient (Wildman–Crippen LogP) is 3.05. The molecule has 2 fully saturated rings. The molecule has 0 bridgehead atoms. The maximum absolute atomic E-state index is 13.2. The van der Waals surface area contributed by atoms with Gasteiger partial charge in [-0.1, -0.05) is 0 Å². The molecular weight excluding hydrogens is 440 g/mol. The number of nitrogens with zero attached hydrogens (tertiary/aromatic N) is 2. The molecule has 0 spiro atoms. The third-order valence-electron chi connectivity index (χ3n) is 6.06. The lowest BCUT2D eigenvalue weighted by Crippen LogP contribution is -2.38. The second kappa shape index (κ2) is 10.0. The number of benzene rings is 2. The van der Waals surface area contributed by atoms with Crippen molar-refractivity contribution in [3.63, 3.8) is 0 Å². The highest BCUT2D eigenvalue weighted by Gasteiger charge is 2.21. The number of rotatable bonds is 4. The lowest BCUT2D eigenvalue weighted by molar-refractivity contribution is -0.115. The molecular formula is C24H28N4O4S. The number of morpholine rings is 2. The zero-order chi connectivity index (χ0) is 22.6. The summed E-state index contributed by atoms with van der Waals surface area (Å²) < 4.78 is 11.0. The molecule has 3 heterocycles. The van der Waals surface area contributed by atoms with Gasteiger partial charge in [0, 0.05) is 54.5 Å². The molecule has 2 aromatic rings. The number of anilines is 4. The Morgan fingerprint density at radius 1 is 0.939 bits per heavy atom. The fourth-order valence-corrected chi connectivity index (χ4v) is 5.20. The van der Waals surface area contributed by atoms with Crippen LogP contribution in [0.5, 0.6) is 0 Å². The van der Waals surface area contributed by atoms with Crippen LogP contribution in [0, 0.1) is 0 Å². The van der Waals surface area contributed by atoms with E-state index < -0.39 is 0 Å². The molecule has 0 aromatic heterocycles. The molecule has 2 saturated heterocycles. The maximum Gasteiger partial charge on any atom is 0.255 e. The number of fused-ring (bicyclic) bond motifs is 1. The SMILES string of the molecule is O=C1CCSc2ccc(C(=O)Nc3ccc(N4CCOCC4)cc3N3CCOCC3)cc2N1. The minimum Gasteiger partial charge on any atom is -0.378 e. The molecule has 0 saturated carbocycles. The molecule has 0 aliphatic carbocycles. The Morgan fingerprint density at radius 2 is 1.67 bits per heavy atom. The van der Waals surface area contributed by atoms with Crippen LogP contribution in [0.15, 0.2) is 41.3 Å². The number of hydrogen-bond donors (Lipinski definition) is 2. The Labute approximate surface area is 197 Å². The minimum absolute atomic E-state index is 0.0212. The van der Waals surface area contributed by atoms with Gasteiger partial charge in [0.25, 0.3) is 5.91 Å². The van der Waals surface area contributed by atoms with Crippen LogP contribution in [-0.4, -0.2) is 70.2 Å². The number of carbonyl (C=O) groups excluding carboxylic acids is 2. The number of thioether (sulfide) groups is 1. The van der Waals surface area contributed by atoms with Crippen molar-refractivity contribution in [2.75, 3.05) is 78.8 Å². The first kappa shape index (κ1) is 22.1. The van der Waals surface area contributed by atoms with E-state index in [4.69, 9.17) is 9.47 Å². The normalized spacial score (nSPS) is 18.8. The predicted molar refractivity (Wildman–Crippen MR) is 131 cm³/mol. The van der Waals surface area contributed by atoms with E-state index in [2.05, 4.69) is 32.6 Å². The first-order valence-corrected chi connectivity index (χ1v) is 12.3. The second-order valence-electron chi connectivity index (χ2n) is 8.21. The van der Waals surface area contributed by atoms with Gasteiger partial charge in [-0.15, -0.1) is 11.8 Å². The van der Waals surface area contributed by atoms with E-state index in [1.54, 1.807) is 17.8 Å². The van der Waals surface area contributed by atoms with Gasteiger partial charge in [-0.05, 0) is 36.4 Å². The summed E-state index contributed by atoms with van der Waals surface area (Å²) in [6.45, 7) is 6.03. The molecule has 2 aromatic carbocycles. The van der Waals surface area contributed by atoms with Gasteiger partial charge in [-0.2, -0.15) is 0 Å². The number of nitrogens with one attached hydrogen (secondary N) is 2. The van der Waals surface area contributed by atoms with Crippen molar-refractivity contribution >= 4 is 46.3 Å². The monoisotopic (exact) mass is 468 g/mol. The highest BCUT2D eigenvalue weighted by molar-refractivity contribution is 7.99. The summed E-state index contributed by atoms with van der Waals surface area (Å²) in [7, 11) is 0. The van der Waals surface area contributed by atoms with Crippen LogP contribution in [-0.2, 0) is 14.3 Å². The molecule has 174 valence electrons. The first-order valence-electron chi connectivity index (χ1n) is 11.3. The molecule has 8 nitrogen and oxygen atoms in total. The summed E-state index contributed by atoms with van der Waals surface area (Å²) in [5.74, 6) is 0.519. The van der Waals surface area contributed by atoms with E-state index in [1.807, 2.05) is 18.2 Å². The van der Waals surface area contributed by atoms with Gasteiger partial charge in [-0.3, -0.25) is 9.59 Å². The summed E-state index contributed by atoms with van der Waals surface area (Å²) in [5.41, 5.74) is 4.11. The van der Waals surface area contributed by atoms with Gasteiger partial charge in [-0.25, -0.2) is 0 Å².